The number of benzene rings is 3. The van der Waals surface area contributed by atoms with Crippen molar-refractivity contribution in [2.24, 2.45) is 0 Å². The molecule has 1 saturated heterocycles. The van der Waals surface area contributed by atoms with Crippen LogP contribution >= 0.6 is 0 Å². The normalized spacial score (nSPS) is 22.8. The lowest BCUT2D eigenvalue weighted by atomic mass is 9.86. The molecule has 6 nitrogen and oxygen atoms in total. The van der Waals surface area contributed by atoms with Crippen LogP contribution in [0.2, 0.25) is 0 Å². The van der Waals surface area contributed by atoms with Crippen LogP contribution in [-0.2, 0) is 36.1 Å². The van der Waals surface area contributed by atoms with Crippen LogP contribution in [0.3, 0.4) is 0 Å². The molecule has 1 aliphatic carbocycles. The molecule has 3 aromatic carbocycles. The number of hydrogen-bond donors (Lipinski definition) is 1. The maximum Gasteiger partial charge on any atom is 0.405 e. The molecule has 1 aliphatic heterocycles. The molecule has 3 unspecified atom stereocenters. The topological polar surface area (TPSA) is 82.1 Å². The third kappa shape index (κ3) is 7.96. The van der Waals surface area contributed by atoms with Gasteiger partial charge in [0.15, 0.2) is 20.8 Å². The maximum atomic E-state index is 14.1. The second-order valence-electron chi connectivity index (χ2n) is 13.3. The summed E-state index contributed by atoms with van der Waals surface area (Å²) in [5.41, 5.74) is 1.50. The Bertz CT molecular complexity index is 1540. The predicted octanol–water partition coefficient (Wildman–Crippen LogP) is 8.90. The summed E-state index contributed by atoms with van der Waals surface area (Å²) in [5.74, 6) is 0.640. The van der Waals surface area contributed by atoms with E-state index < -0.39 is 38.0 Å². The average molecular weight is 676 g/mol. The summed E-state index contributed by atoms with van der Waals surface area (Å²) in [6.45, 7) is 7.92. The summed E-state index contributed by atoms with van der Waals surface area (Å²) < 4.78 is 77.2. The van der Waals surface area contributed by atoms with Crippen LogP contribution in [0.15, 0.2) is 87.5 Å². The van der Waals surface area contributed by atoms with Gasteiger partial charge in [-0.2, -0.15) is 17.2 Å². The Kier molecular flexibility index (Phi) is 10.5. The van der Waals surface area contributed by atoms with Gasteiger partial charge < -0.3 is 14.2 Å². The average Bonchev–Trinajstić information content (AvgIpc) is 3.00. The van der Waals surface area contributed by atoms with Crippen molar-refractivity contribution in [1.29, 1.82) is 0 Å². The summed E-state index contributed by atoms with van der Waals surface area (Å²) >= 11 is 0. The van der Waals surface area contributed by atoms with Gasteiger partial charge in [0.2, 0.25) is 0 Å². The highest BCUT2D eigenvalue weighted by Crippen LogP contribution is 2.38. The molecule has 0 bridgehead atoms. The number of alkyl halides is 2. The molecule has 0 amide bonds. The smallest absolute Gasteiger partial charge is 0.405 e. The Morgan fingerprint density at radius 3 is 1.80 bits per heavy atom. The van der Waals surface area contributed by atoms with Gasteiger partial charge in [0, 0.05) is 0 Å². The first kappa shape index (κ1) is 34.8. The molecule has 2 aliphatic rings. The van der Waals surface area contributed by atoms with Gasteiger partial charge in [-0.1, -0.05) is 56.4 Å². The van der Waals surface area contributed by atoms with E-state index in [4.69, 9.17) is 18.8 Å². The molecule has 5 rings (SSSR count). The van der Waals surface area contributed by atoms with E-state index in [1.807, 2.05) is 32.9 Å². The highest BCUT2D eigenvalue weighted by atomic mass is 32.2. The zero-order valence-corrected chi connectivity index (χ0v) is 28.6. The van der Waals surface area contributed by atoms with E-state index in [2.05, 4.69) is 48.5 Å². The fraction of sp³-hybridized carbons (Fsp3) is 0.500. The Labute approximate surface area is 274 Å². The van der Waals surface area contributed by atoms with Crippen molar-refractivity contribution in [2.75, 3.05) is 13.2 Å². The fourth-order valence-corrected chi connectivity index (χ4v) is 8.58. The van der Waals surface area contributed by atoms with Crippen LogP contribution < -0.4 is 4.74 Å². The van der Waals surface area contributed by atoms with Crippen molar-refractivity contribution in [2.45, 2.75) is 116 Å². The maximum absolute atomic E-state index is 14.1. The Morgan fingerprint density at radius 1 is 0.804 bits per heavy atom. The molecular weight excluding hydrogens is 631 g/mol. The van der Waals surface area contributed by atoms with Gasteiger partial charge in [0.25, 0.3) is 0 Å². The monoisotopic (exact) mass is 675 g/mol. The van der Waals surface area contributed by atoms with Crippen LogP contribution in [0.4, 0.5) is 8.78 Å². The van der Waals surface area contributed by atoms with Gasteiger partial charge in [0.1, 0.15) is 11.4 Å². The van der Waals surface area contributed by atoms with Crippen LogP contribution in [-0.4, -0.2) is 43.1 Å². The van der Waals surface area contributed by atoms with Crippen LogP contribution in [0.5, 0.6) is 5.75 Å². The first-order valence-corrected chi connectivity index (χ1v) is 18.7. The molecule has 0 aromatic heterocycles. The van der Waals surface area contributed by atoms with E-state index in [-0.39, 0.29) is 11.4 Å². The zero-order chi connectivity index (χ0) is 33.2. The Morgan fingerprint density at radius 2 is 1.30 bits per heavy atom. The summed E-state index contributed by atoms with van der Waals surface area (Å²) in [7, 11) is -6.16. The number of hydrogen-bond acceptors (Lipinski definition) is 5. The second-order valence-corrected chi connectivity index (χ2v) is 16.8. The first-order valence-electron chi connectivity index (χ1n) is 16.0. The largest absolute Gasteiger partial charge is 0.483 e. The van der Waals surface area contributed by atoms with Crippen molar-refractivity contribution in [3.05, 3.63) is 83.9 Å². The third-order valence-electron chi connectivity index (χ3n) is 9.06. The summed E-state index contributed by atoms with van der Waals surface area (Å²) in [4.78, 5) is 3.13. The van der Waals surface area contributed by atoms with Gasteiger partial charge in [0.05, 0.1) is 29.7 Å². The minimum atomic E-state index is -5.63. The molecule has 1 heterocycles. The lowest BCUT2D eigenvalue weighted by molar-refractivity contribution is -0.221. The van der Waals surface area contributed by atoms with E-state index in [1.165, 1.54) is 50.5 Å². The number of ether oxygens (including phenoxy) is 3. The molecule has 250 valence electrons. The van der Waals surface area contributed by atoms with Gasteiger partial charge in [-0.3, -0.25) is 4.55 Å². The molecule has 10 heteroatoms. The minimum absolute atomic E-state index is 0.0726. The zero-order valence-electron chi connectivity index (χ0n) is 27.0. The SMILES string of the molecule is CC(Oc1ccc([S+](c2ccc(C3CCCCCCC3)cc2)c2ccc(C3(C)COC(C)(C)CO3)cc2)cc1)C(F)(F)S(=O)(=O)O. The van der Waals surface area contributed by atoms with Gasteiger partial charge in [-0.25, -0.2) is 0 Å². The summed E-state index contributed by atoms with van der Waals surface area (Å²) in [6, 6.07) is 24.0. The van der Waals surface area contributed by atoms with Gasteiger partial charge >= 0.3 is 15.4 Å². The highest BCUT2D eigenvalue weighted by molar-refractivity contribution is 7.97. The van der Waals surface area contributed by atoms with Crippen molar-refractivity contribution < 1.29 is 36.0 Å². The van der Waals surface area contributed by atoms with Crippen LogP contribution in [0, 0.1) is 0 Å². The quantitative estimate of drug-likeness (QED) is 0.180. The molecule has 0 radical (unpaired) electrons. The predicted molar refractivity (Wildman–Crippen MR) is 176 cm³/mol. The van der Waals surface area contributed by atoms with E-state index >= 15 is 0 Å². The lowest BCUT2D eigenvalue weighted by Gasteiger charge is -2.41. The molecule has 1 N–H and O–H groups in total. The van der Waals surface area contributed by atoms with Crippen LogP contribution in [0.25, 0.3) is 0 Å². The highest BCUT2D eigenvalue weighted by Gasteiger charge is 2.51. The standard InChI is InChI=1S/C36H44F2O6S2/c1-26(36(37,38)46(39,40)41)44-30-16-22-33(23-17-30)45(31-18-12-28(13-19-31)27-10-8-6-5-7-9-11-27)32-20-14-29(15-21-32)35(4)25-42-34(2,3)24-43-35/h12-23,26-27H,5-11,24-25H2,1-4H3/p+1. The number of halogens is 2. The molecular formula is C36H45F2O6S2+. The van der Waals surface area contributed by atoms with Crippen molar-refractivity contribution in [1.82, 2.24) is 0 Å². The Hall–Kier alpha value is -2.50. The molecule has 1 saturated carbocycles. The summed E-state index contributed by atoms with van der Waals surface area (Å²) in [5, 5.41) is -4.45. The van der Waals surface area contributed by atoms with Gasteiger partial charge in [-0.05, 0) is 106 Å². The van der Waals surface area contributed by atoms with Crippen molar-refractivity contribution in [3.63, 3.8) is 0 Å². The minimum Gasteiger partial charge on any atom is -0.483 e. The van der Waals surface area contributed by atoms with Crippen molar-refractivity contribution >= 4 is 21.0 Å². The fourth-order valence-electron chi connectivity index (χ4n) is 6.07. The van der Waals surface area contributed by atoms with E-state index in [9.17, 15) is 17.2 Å². The van der Waals surface area contributed by atoms with E-state index in [1.54, 1.807) is 12.1 Å². The van der Waals surface area contributed by atoms with E-state index in [0.29, 0.717) is 19.1 Å². The van der Waals surface area contributed by atoms with Crippen LogP contribution in [0.1, 0.15) is 89.7 Å². The van der Waals surface area contributed by atoms with Crippen molar-refractivity contribution in [3.8, 4) is 5.75 Å². The third-order valence-corrected chi connectivity index (χ3v) is 12.3. The molecule has 46 heavy (non-hydrogen) atoms. The molecule has 3 aromatic rings. The first-order chi connectivity index (χ1) is 21.7. The van der Waals surface area contributed by atoms with E-state index in [0.717, 1.165) is 27.2 Å². The molecule has 3 atom stereocenters. The molecule has 2 fully saturated rings. The van der Waals surface area contributed by atoms with Gasteiger partial charge in [-0.15, -0.1) is 0 Å². The lowest BCUT2D eigenvalue weighted by Crippen LogP contribution is -2.47. The number of rotatable bonds is 9. The molecule has 0 spiro atoms. The Balaban J connectivity index is 1.44. The second kappa shape index (κ2) is 13.9. The summed E-state index contributed by atoms with van der Waals surface area (Å²) in [6.07, 6.45) is 6.79.